The van der Waals surface area contributed by atoms with Crippen LogP contribution >= 0.6 is 18.5 Å². The Balaban J connectivity index is 0.000000337. The maximum atomic E-state index is 6.97. The van der Waals surface area contributed by atoms with E-state index in [9.17, 15) is 0 Å². The minimum Gasteiger partial charge on any atom is -0.344 e. The van der Waals surface area contributed by atoms with Crippen LogP contribution in [0.3, 0.4) is 0 Å². The van der Waals surface area contributed by atoms with Crippen molar-refractivity contribution in [2.24, 2.45) is 0 Å². The first-order chi connectivity index (χ1) is 21.0. The summed E-state index contributed by atoms with van der Waals surface area (Å²) in [7, 11) is 6.12. The van der Waals surface area contributed by atoms with Crippen LogP contribution in [0.1, 0.15) is 119 Å². The molecular formula is C38H56FeO6P2. The fourth-order valence-corrected chi connectivity index (χ4v) is 14.3. The molecule has 0 aliphatic carbocycles. The molecule has 10 rings (SSSR count). The molecule has 0 radical (unpaired) electrons. The number of ether oxygens (including phenoxy) is 6. The first kappa shape index (κ1) is 36.6. The van der Waals surface area contributed by atoms with Crippen LogP contribution < -0.4 is 0 Å². The van der Waals surface area contributed by atoms with Crippen LogP contribution in [0.4, 0.5) is 0 Å². The Morgan fingerprint density at radius 3 is 1.32 bits per heavy atom. The summed E-state index contributed by atoms with van der Waals surface area (Å²) >= 11 is 0. The molecule has 8 aliphatic heterocycles. The molecule has 0 spiro atoms. The van der Waals surface area contributed by atoms with Gasteiger partial charge in [-0.1, -0.05) is 20.8 Å². The van der Waals surface area contributed by atoms with E-state index in [1.165, 1.54) is 16.7 Å². The standard InChI is InChI=1S/C29H43O6P2.C9H13.Fe/c1-20-12-24(5)31-21(2,13-25(6,30-20)34-24)28(20,16-36)18-10-9-11-19(18)29(17-37)22(3)14-26(7)33-23(29,4)15-27(8,32-22)35-26;1-9(2,3)8-6-4-5-7-8;/h9-11H,12-17,36-37H2,1-8H3;4-7H,1-3H3;/q2*-1;+2. The van der Waals surface area contributed by atoms with Crippen molar-refractivity contribution in [1.29, 1.82) is 0 Å². The first-order valence-corrected chi connectivity index (χ1v) is 18.8. The fourth-order valence-electron chi connectivity index (χ4n) is 12.1. The molecule has 0 saturated carbocycles. The third-order valence-corrected chi connectivity index (χ3v) is 14.0. The SMILES string of the molecule is CC(C)(C)c1ccc[cH-]1.CC12CC3(C)OC(C)(CC(C)(O1)C3(CP)c1cc[cH-]c1C1(CP)C3(C)CC4(C)OC(C)(CC1(C)O4)O3)O2.[Fe+2]. The van der Waals surface area contributed by atoms with Crippen LogP contribution in [0.25, 0.3) is 0 Å². The third-order valence-electron chi connectivity index (χ3n) is 12.7. The number of hydrogen-bond donors (Lipinski definition) is 0. The van der Waals surface area contributed by atoms with E-state index >= 15 is 0 Å². The van der Waals surface area contributed by atoms with Crippen LogP contribution in [0.2, 0.25) is 0 Å². The van der Waals surface area contributed by atoms with Crippen molar-refractivity contribution in [1.82, 2.24) is 0 Å². The molecule has 47 heavy (non-hydrogen) atoms. The number of rotatable bonds is 4. The zero-order valence-corrected chi connectivity index (χ0v) is 33.7. The van der Waals surface area contributed by atoms with E-state index in [1.807, 2.05) is 0 Å². The van der Waals surface area contributed by atoms with Crippen molar-refractivity contribution < 1.29 is 45.5 Å². The summed E-state index contributed by atoms with van der Waals surface area (Å²) in [6.07, 6.45) is 4.30. The molecule has 10 unspecified atom stereocenters. The van der Waals surface area contributed by atoms with E-state index in [2.05, 4.69) is 137 Å². The summed E-state index contributed by atoms with van der Waals surface area (Å²) in [5.74, 6) is -2.68. The van der Waals surface area contributed by atoms with Gasteiger partial charge in [-0.25, -0.2) is 18.2 Å². The normalized spacial score (nSPS) is 50.7. The Hall–Kier alpha value is -0.161. The van der Waals surface area contributed by atoms with Gasteiger partial charge in [-0.05, 0) is 73.1 Å². The summed E-state index contributed by atoms with van der Waals surface area (Å²) in [4.78, 5) is 0. The van der Waals surface area contributed by atoms with Crippen molar-refractivity contribution in [2.45, 2.75) is 164 Å². The van der Waals surface area contributed by atoms with Crippen LogP contribution in [-0.2, 0) is 61.7 Å². The molecule has 8 fully saturated rings. The fraction of sp³-hybridized carbons (Fsp3) is 0.737. The van der Waals surface area contributed by atoms with Crippen LogP contribution in [-0.4, -0.2) is 57.9 Å². The second kappa shape index (κ2) is 10.5. The van der Waals surface area contributed by atoms with Crippen molar-refractivity contribution in [3.05, 3.63) is 59.2 Å². The van der Waals surface area contributed by atoms with Crippen molar-refractivity contribution in [3.63, 3.8) is 0 Å². The van der Waals surface area contributed by atoms with E-state index in [-0.39, 0.29) is 17.1 Å². The van der Waals surface area contributed by atoms with Gasteiger partial charge in [-0.15, -0.1) is 18.5 Å². The molecule has 6 nitrogen and oxygen atoms in total. The number of hydrogen-bond acceptors (Lipinski definition) is 6. The maximum absolute atomic E-state index is 6.97. The van der Waals surface area contributed by atoms with E-state index in [0.29, 0.717) is 31.1 Å². The monoisotopic (exact) mass is 726 g/mol. The van der Waals surface area contributed by atoms with Gasteiger partial charge in [0.25, 0.3) is 0 Å². The van der Waals surface area contributed by atoms with Gasteiger partial charge in [0, 0.05) is 36.5 Å². The zero-order chi connectivity index (χ0) is 33.7. The Bertz CT molecular complexity index is 1350. The van der Waals surface area contributed by atoms with Crippen LogP contribution in [0.5, 0.6) is 0 Å². The average molecular weight is 727 g/mol. The molecule has 8 heterocycles. The van der Waals surface area contributed by atoms with Gasteiger partial charge in [0.1, 0.15) is 0 Å². The van der Waals surface area contributed by atoms with Gasteiger partial charge in [-0.3, -0.25) is 0 Å². The molecule has 2 aromatic rings. The molecular weight excluding hydrogens is 670 g/mol. The van der Waals surface area contributed by atoms with Crippen LogP contribution in [0.15, 0.2) is 42.5 Å². The summed E-state index contributed by atoms with van der Waals surface area (Å²) in [6.45, 7) is 24.1. The van der Waals surface area contributed by atoms with Crippen molar-refractivity contribution in [3.8, 4) is 0 Å². The summed E-state index contributed by atoms with van der Waals surface area (Å²) in [6, 6.07) is 15.3. The van der Waals surface area contributed by atoms with Crippen molar-refractivity contribution >= 4 is 18.5 Å². The summed E-state index contributed by atoms with van der Waals surface area (Å²) in [5, 5.41) is 0. The summed E-state index contributed by atoms with van der Waals surface area (Å²) in [5.41, 5.74) is 1.57. The van der Waals surface area contributed by atoms with Gasteiger partial charge < -0.3 is 28.4 Å². The Morgan fingerprint density at radius 1 is 0.596 bits per heavy atom. The second-order valence-corrected chi connectivity index (χ2v) is 18.6. The minimum atomic E-state index is -0.670. The summed E-state index contributed by atoms with van der Waals surface area (Å²) < 4.78 is 40.6. The quantitative estimate of drug-likeness (QED) is 0.181. The Labute approximate surface area is 298 Å². The molecule has 9 heteroatoms. The van der Waals surface area contributed by atoms with E-state index in [1.54, 1.807) is 0 Å². The smallest absolute Gasteiger partial charge is 0.344 e. The first-order valence-electron chi connectivity index (χ1n) is 17.1. The van der Waals surface area contributed by atoms with Gasteiger partial charge in [0.2, 0.25) is 0 Å². The average Bonchev–Trinajstić information content (AvgIpc) is 3.53. The molecule has 2 aromatic carbocycles. The van der Waals surface area contributed by atoms with E-state index < -0.39 is 56.4 Å². The minimum absolute atomic E-state index is 0. The molecule has 8 aliphatic rings. The van der Waals surface area contributed by atoms with E-state index in [0.717, 1.165) is 12.3 Å². The Kier molecular flexibility index (Phi) is 8.16. The van der Waals surface area contributed by atoms with Gasteiger partial charge in [-0.2, -0.15) is 41.0 Å². The molecule has 10 atom stereocenters. The third kappa shape index (κ3) is 4.70. The molecule has 8 bridgehead atoms. The molecule has 0 amide bonds. The zero-order valence-electron chi connectivity index (χ0n) is 30.2. The molecule has 8 saturated heterocycles. The van der Waals surface area contributed by atoms with Crippen molar-refractivity contribution in [2.75, 3.05) is 12.3 Å². The van der Waals surface area contributed by atoms with Gasteiger partial charge >= 0.3 is 17.1 Å². The van der Waals surface area contributed by atoms with Gasteiger partial charge in [0.05, 0.1) is 22.4 Å². The predicted molar refractivity (Wildman–Crippen MR) is 187 cm³/mol. The molecule has 0 N–H and O–H groups in total. The molecule has 262 valence electrons. The second-order valence-electron chi connectivity index (χ2n) is 17.8. The Morgan fingerprint density at radius 2 is 1.00 bits per heavy atom. The maximum Gasteiger partial charge on any atom is 2.00 e. The largest absolute Gasteiger partial charge is 2.00 e. The predicted octanol–water partition coefficient (Wildman–Crippen LogP) is 7.97. The van der Waals surface area contributed by atoms with E-state index in [4.69, 9.17) is 28.4 Å². The van der Waals surface area contributed by atoms with Crippen LogP contribution in [0, 0.1) is 0 Å². The topological polar surface area (TPSA) is 55.4 Å². The van der Waals surface area contributed by atoms with Gasteiger partial charge in [0.15, 0.2) is 23.1 Å². The molecule has 0 aromatic heterocycles.